The highest BCUT2D eigenvalue weighted by molar-refractivity contribution is 5.88. The number of nitrogens with one attached hydrogen (secondary N) is 1. The third kappa shape index (κ3) is 7.52. The van der Waals surface area contributed by atoms with Gasteiger partial charge in [0.2, 0.25) is 0 Å². The molecule has 3 aromatic rings. The van der Waals surface area contributed by atoms with E-state index in [1.807, 2.05) is 24.5 Å². The van der Waals surface area contributed by atoms with Gasteiger partial charge in [-0.2, -0.15) is 0 Å². The Balaban J connectivity index is 1.81. The number of rotatable bonds is 8. The largest absolute Gasteiger partial charge is 0.467 e. The fourth-order valence-corrected chi connectivity index (χ4v) is 4.05. The number of amides is 1. The molecular weight excluding hydrogens is 442 g/mol. The minimum Gasteiger partial charge on any atom is -0.467 e. The number of benzene rings is 2. The number of pyridine rings is 1. The van der Waals surface area contributed by atoms with E-state index in [1.165, 1.54) is 23.6 Å². The zero-order valence-corrected chi connectivity index (χ0v) is 21.4. The SMILES string of the molecule is COC(=O)[C@H](Cc1cccc(Cc2ccc(CN(C)C)c3ccncc23)c1)NC(=O)OC(C)(C)C. The number of hydrogen-bond acceptors (Lipinski definition) is 6. The first kappa shape index (κ1) is 26.2. The zero-order chi connectivity index (χ0) is 25.6. The second-order valence-electron chi connectivity index (χ2n) is 9.97. The Hall–Kier alpha value is -3.45. The first-order valence-corrected chi connectivity index (χ1v) is 11.7. The van der Waals surface area contributed by atoms with E-state index in [9.17, 15) is 9.59 Å². The lowest BCUT2D eigenvalue weighted by atomic mass is 9.95. The van der Waals surface area contributed by atoms with E-state index in [0.717, 1.165) is 29.5 Å². The average Bonchev–Trinajstić information content (AvgIpc) is 2.78. The quantitative estimate of drug-likeness (QED) is 0.481. The molecule has 0 radical (unpaired) electrons. The molecule has 0 aliphatic carbocycles. The molecule has 186 valence electrons. The Kier molecular flexibility index (Phi) is 8.46. The van der Waals surface area contributed by atoms with Gasteiger partial charge in [0.1, 0.15) is 11.6 Å². The van der Waals surface area contributed by atoms with Gasteiger partial charge in [-0.3, -0.25) is 4.98 Å². The van der Waals surface area contributed by atoms with Crippen molar-refractivity contribution < 1.29 is 19.1 Å². The molecule has 35 heavy (non-hydrogen) atoms. The minimum absolute atomic E-state index is 0.295. The molecule has 2 aromatic carbocycles. The van der Waals surface area contributed by atoms with Gasteiger partial charge in [-0.25, -0.2) is 9.59 Å². The van der Waals surface area contributed by atoms with Crippen LogP contribution in [-0.2, 0) is 33.7 Å². The number of hydrogen-bond donors (Lipinski definition) is 1. The Morgan fingerprint density at radius 1 is 1.03 bits per heavy atom. The van der Waals surface area contributed by atoms with Crippen LogP contribution in [0.5, 0.6) is 0 Å². The molecule has 1 amide bonds. The summed E-state index contributed by atoms with van der Waals surface area (Å²) in [6.45, 7) is 6.18. The molecule has 0 fully saturated rings. The maximum Gasteiger partial charge on any atom is 0.408 e. The molecule has 7 nitrogen and oxygen atoms in total. The van der Waals surface area contributed by atoms with Gasteiger partial charge in [-0.05, 0) is 75.0 Å². The smallest absolute Gasteiger partial charge is 0.408 e. The third-order valence-electron chi connectivity index (χ3n) is 5.49. The summed E-state index contributed by atoms with van der Waals surface area (Å²) in [5.41, 5.74) is 3.81. The molecule has 1 N–H and O–H groups in total. The van der Waals surface area contributed by atoms with Crippen molar-refractivity contribution in [3.63, 3.8) is 0 Å². The molecule has 1 aromatic heterocycles. The molecule has 0 bridgehead atoms. The van der Waals surface area contributed by atoms with E-state index in [2.05, 4.69) is 59.6 Å². The van der Waals surface area contributed by atoms with Crippen LogP contribution in [0, 0.1) is 0 Å². The Bertz CT molecular complexity index is 1180. The highest BCUT2D eigenvalue weighted by Crippen LogP contribution is 2.25. The number of carbonyl (C=O) groups excluding carboxylic acids is 2. The number of ether oxygens (including phenoxy) is 2. The summed E-state index contributed by atoms with van der Waals surface area (Å²) in [4.78, 5) is 31.1. The Morgan fingerprint density at radius 2 is 1.74 bits per heavy atom. The van der Waals surface area contributed by atoms with Crippen molar-refractivity contribution in [2.75, 3.05) is 21.2 Å². The normalized spacial score (nSPS) is 12.4. The molecule has 0 aliphatic heterocycles. The lowest BCUT2D eigenvalue weighted by Crippen LogP contribution is -2.45. The molecule has 0 spiro atoms. The molecule has 0 unspecified atom stereocenters. The maximum atomic E-state index is 12.3. The number of nitrogens with zero attached hydrogens (tertiary/aromatic N) is 2. The van der Waals surface area contributed by atoms with Gasteiger partial charge in [0.05, 0.1) is 7.11 Å². The van der Waals surface area contributed by atoms with Crippen molar-refractivity contribution in [2.24, 2.45) is 0 Å². The summed E-state index contributed by atoms with van der Waals surface area (Å²) in [6.07, 6.45) is 4.12. The molecule has 7 heteroatoms. The highest BCUT2D eigenvalue weighted by Gasteiger charge is 2.25. The predicted molar refractivity (Wildman–Crippen MR) is 137 cm³/mol. The second-order valence-corrected chi connectivity index (χ2v) is 9.97. The van der Waals surface area contributed by atoms with Gasteiger partial charge in [-0.15, -0.1) is 0 Å². The fraction of sp³-hybridized carbons (Fsp3) is 0.393. The van der Waals surface area contributed by atoms with Crippen LogP contribution in [0.4, 0.5) is 4.79 Å². The number of esters is 1. The first-order chi connectivity index (χ1) is 16.6. The number of alkyl carbamates (subject to hydrolysis) is 1. The van der Waals surface area contributed by atoms with Crippen LogP contribution >= 0.6 is 0 Å². The van der Waals surface area contributed by atoms with E-state index in [0.29, 0.717) is 6.42 Å². The topological polar surface area (TPSA) is 80.8 Å². The van der Waals surface area contributed by atoms with E-state index in [-0.39, 0.29) is 0 Å². The molecule has 0 aliphatic rings. The van der Waals surface area contributed by atoms with Crippen LogP contribution in [0.3, 0.4) is 0 Å². The van der Waals surface area contributed by atoms with Gasteiger partial charge >= 0.3 is 12.1 Å². The van der Waals surface area contributed by atoms with E-state index in [4.69, 9.17) is 9.47 Å². The van der Waals surface area contributed by atoms with Gasteiger partial charge < -0.3 is 19.7 Å². The van der Waals surface area contributed by atoms with Crippen LogP contribution in [0.2, 0.25) is 0 Å². The van der Waals surface area contributed by atoms with Gasteiger partial charge in [0, 0.05) is 30.7 Å². The molecule has 0 saturated carbocycles. The average molecular weight is 478 g/mol. The fourth-order valence-electron chi connectivity index (χ4n) is 4.05. The second kappa shape index (κ2) is 11.3. The lowest BCUT2D eigenvalue weighted by Gasteiger charge is -2.22. The number of fused-ring (bicyclic) bond motifs is 1. The summed E-state index contributed by atoms with van der Waals surface area (Å²) >= 11 is 0. The number of methoxy groups -OCH3 is 1. The van der Waals surface area contributed by atoms with Crippen molar-refractivity contribution in [3.05, 3.63) is 77.1 Å². The summed E-state index contributed by atoms with van der Waals surface area (Å²) < 4.78 is 10.2. The Morgan fingerprint density at radius 3 is 2.43 bits per heavy atom. The highest BCUT2D eigenvalue weighted by atomic mass is 16.6. The van der Waals surface area contributed by atoms with Crippen LogP contribution in [-0.4, -0.2) is 54.8 Å². The van der Waals surface area contributed by atoms with Crippen LogP contribution in [0.25, 0.3) is 10.8 Å². The van der Waals surface area contributed by atoms with Crippen molar-refractivity contribution in [2.45, 2.75) is 51.8 Å². The summed E-state index contributed by atoms with van der Waals surface area (Å²) in [7, 11) is 5.43. The van der Waals surface area contributed by atoms with E-state index in [1.54, 1.807) is 20.8 Å². The predicted octanol–water partition coefficient (Wildman–Crippen LogP) is 4.50. The van der Waals surface area contributed by atoms with Crippen LogP contribution in [0.1, 0.15) is 43.0 Å². The van der Waals surface area contributed by atoms with Gasteiger partial charge in [0.25, 0.3) is 0 Å². The zero-order valence-electron chi connectivity index (χ0n) is 21.4. The van der Waals surface area contributed by atoms with Crippen molar-refractivity contribution >= 4 is 22.8 Å². The molecule has 0 saturated heterocycles. The monoisotopic (exact) mass is 477 g/mol. The Labute approximate surface area is 207 Å². The number of aromatic nitrogens is 1. The summed E-state index contributed by atoms with van der Waals surface area (Å²) in [5, 5.41) is 4.98. The molecule has 3 rings (SSSR count). The van der Waals surface area contributed by atoms with Gasteiger partial charge in [-0.1, -0.05) is 36.4 Å². The first-order valence-electron chi connectivity index (χ1n) is 11.7. The van der Waals surface area contributed by atoms with Crippen molar-refractivity contribution in [3.8, 4) is 0 Å². The molecule has 1 heterocycles. The van der Waals surface area contributed by atoms with Crippen molar-refractivity contribution in [1.82, 2.24) is 15.2 Å². The number of carbonyl (C=O) groups is 2. The standard InChI is InChI=1S/C28H35N3O4/c1-28(2,3)35-27(33)30-25(26(32)34-6)16-20-9-7-8-19(14-20)15-21-10-11-22(18-31(4)5)23-12-13-29-17-24(21)23/h7-14,17,25H,15-16,18H2,1-6H3,(H,30,33)/t25-/m0/s1. The molecule has 1 atom stereocenters. The van der Waals surface area contributed by atoms with Crippen LogP contribution < -0.4 is 5.32 Å². The third-order valence-corrected chi connectivity index (χ3v) is 5.49. The van der Waals surface area contributed by atoms with Gasteiger partial charge in [0.15, 0.2) is 0 Å². The van der Waals surface area contributed by atoms with E-state index >= 15 is 0 Å². The molecular formula is C28H35N3O4. The summed E-state index contributed by atoms with van der Waals surface area (Å²) in [5.74, 6) is -0.519. The maximum absolute atomic E-state index is 12.3. The van der Waals surface area contributed by atoms with Crippen LogP contribution in [0.15, 0.2) is 54.9 Å². The minimum atomic E-state index is -0.847. The summed E-state index contributed by atoms with van der Waals surface area (Å²) in [6, 6.07) is 13.6. The van der Waals surface area contributed by atoms with E-state index < -0.39 is 23.7 Å². The lowest BCUT2D eigenvalue weighted by molar-refractivity contribution is -0.143. The van der Waals surface area contributed by atoms with Crippen molar-refractivity contribution in [1.29, 1.82) is 0 Å².